The Hall–Kier alpha value is -17.6. The summed E-state index contributed by atoms with van der Waals surface area (Å²) in [6, 6.07) is 199. The van der Waals surface area contributed by atoms with Gasteiger partial charge >= 0.3 is 0 Å². The Kier molecular flexibility index (Phi) is 19.0. The molecule has 2 heterocycles. The quantitative estimate of drug-likeness (QED) is 0.103. The van der Waals surface area contributed by atoms with Gasteiger partial charge in [0, 0.05) is 55.9 Å². The van der Waals surface area contributed by atoms with Gasteiger partial charge < -0.3 is 9.13 Å². The Morgan fingerprint density at radius 2 is 0.478 bits per heavy atom. The molecular formula is C136H90N2. The maximum Gasteiger partial charge on any atom is 0.0734 e. The smallest absolute Gasteiger partial charge is 0.0734 e. The lowest BCUT2D eigenvalue weighted by molar-refractivity contribution is 0.769. The van der Waals surface area contributed by atoms with Crippen LogP contribution in [-0.4, -0.2) is 9.13 Å². The van der Waals surface area contributed by atoms with E-state index in [4.69, 9.17) is 0 Å². The van der Waals surface area contributed by atoms with E-state index in [-0.39, 0.29) is 11.8 Å². The van der Waals surface area contributed by atoms with E-state index in [2.05, 4.69) is 543 Å². The number of rotatable bonds is 14. The predicted molar refractivity (Wildman–Crippen MR) is 574 cm³/mol. The maximum atomic E-state index is 2.56. The number of aromatic nitrogens is 2. The molecule has 0 saturated carbocycles. The van der Waals surface area contributed by atoms with Crippen LogP contribution in [0, 0.1) is 0 Å². The molecule has 0 N–H and O–H groups in total. The summed E-state index contributed by atoms with van der Waals surface area (Å²) in [6.45, 7) is 0. The second kappa shape index (κ2) is 32.7. The fourth-order valence-electron chi connectivity index (χ4n) is 24.4. The van der Waals surface area contributed by atoms with Crippen LogP contribution in [0.5, 0.6) is 0 Å². The summed E-state index contributed by atoms with van der Waals surface area (Å²) in [7, 11) is 0. The summed E-state index contributed by atoms with van der Waals surface area (Å²) in [4.78, 5) is 0. The summed E-state index contributed by atoms with van der Waals surface area (Å²) in [6.07, 6.45) is 0. The van der Waals surface area contributed by atoms with Crippen molar-refractivity contribution in [2.75, 3.05) is 0 Å². The van der Waals surface area contributed by atoms with Gasteiger partial charge in [-0.05, 0) is 239 Å². The third-order valence-electron chi connectivity index (χ3n) is 30.3. The van der Waals surface area contributed by atoms with Crippen molar-refractivity contribution in [3.05, 3.63) is 612 Å². The molecule has 2 atom stereocenters. The normalized spacial score (nSPS) is 14.1. The highest BCUT2D eigenvalue weighted by atomic mass is 15.0. The van der Waals surface area contributed by atoms with Crippen molar-refractivity contribution in [1.29, 1.82) is 0 Å². The van der Waals surface area contributed by atoms with Crippen molar-refractivity contribution < 1.29 is 0 Å². The van der Waals surface area contributed by atoms with Crippen LogP contribution in [0.25, 0.3) is 166 Å². The highest BCUT2D eigenvalue weighted by Crippen LogP contribution is 2.63. The van der Waals surface area contributed by atoms with E-state index in [1.165, 1.54) is 233 Å². The Morgan fingerprint density at radius 1 is 0.167 bits per heavy atom. The molecule has 2 nitrogen and oxygen atoms in total. The molecule has 24 aromatic rings. The summed E-state index contributed by atoms with van der Waals surface area (Å²) < 4.78 is 5.10. The SMILES string of the molecule is c1ccc(-c2ccc(-n3c4ccc(-c5ccc6c(c5)-c5ccccc5C6c5cccc(-c6ccccc6)c5)cc4c4ccc5c(c43)-c3ccccc3C5(c3ccccc3)c3ccccc3)cc2)cc1.c1ccc(-c2ccc(-n3c4ccc(-c5ccc6c(c5)-c5ccccc5C6c5cccc(-c6ccccc6)c5)cc4c4ccc5c(c43)C(c3ccccc3)(c3ccccc3)c3ccccc3-5)cc2)cc1. The van der Waals surface area contributed by atoms with E-state index in [0.29, 0.717) is 0 Å². The molecule has 0 bridgehead atoms. The van der Waals surface area contributed by atoms with Crippen molar-refractivity contribution in [3.63, 3.8) is 0 Å². The van der Waals surface area contributed by atoms with Gasteiger partial charge in [-0.2, -0.15) is 0 Å². The van der Waals surface area contributed by atoms with Gasteiger partial charge in [0.25, 0.3) is 0 Å². The summed E-state index contributed by atoms with van der Waals surface area (Å²) in [5.74, 6) is 0.315. The van der Waals surface area contributed by atoms with E-state index < -0.39 is 10.8 Å². The predicted octanol–water partition coefficient (Wildman–Crippen LogP) is 34.6. The van der Waals surface area contributed by atoms with Gasteiger partial charge in [-0.1, -0.05) is 473 Å². The molecule has 0 radical (unpaired) electrons. The van der Waals surface area contributed by atoms with Crippen LogP contribution in [-0.2, 0) is 10.8 Å². The molecule has 2 heteroatoms. The van der Waals surface area contributed by atoms with Crippen LogP contribution in [0.1, 0.15) is 89.7 Å². The van der Waals surface area contributed by atoms with Gasteiger partial charge in [-0.25, -0.2) is 0 Å². The third kappa shape index (κ3) is 12.6. The molecule has 28 rings (SSSR count). The number of benzene rings is 22. The number of hydrogen-bond donors (Lipinski definition) is 0. The Labute approximate surface area is 804 Å². The molecule has 0 fully saturated rings. The Morgan fingerprint density at radius 3 is 0.928 bits per heavy atom. The lowest BCUT2D eigenvalue weighted by Crippen LogP contribution is -2.29. The van der Waals surface area contributed by atoms with Crippen LogP contribution in [0.2, 0.25) is 0 Å². The average Bonchev–Trinajstić information content (AvgIpc) is 1.52. The zero-order valence-electron chi connectivity index (χ0n) is 75.9. The monoisotopic (exact) mass is 1750 g/mol. The maximum absolute atomic E-state index is 2.56. The number of fused-ring (bicyclic) bond motifs is 20. The van der Waals surface area contributed by atoms with E-state index in [0.717, 1.165) is 11.4 Å². The minimum atomic E-state index is -0.572. The second-order valence-corrected chi connectivity index (χ2v) is 37.4. The van der Waals surface area contributed by atoms with Crippen molar-refractivity contribution in [1.82, 2.24) is 9.13 Å². The van der Waals surface area contributed by atoms with E-state index in [1.54, 1.807) is 0 Å². The fourth-order valence-corrected chi connectivity index (χ4v) is 24.4. The first-order valence-electron chi connectivity index (χ1n) is 48.2. The molecule has 4 aliphatic rings. The molecule has 644 valence electrons. The molecule has 0 spiro atoms. The van der Waals surface area contributed by atoms with E-state index in [9.17, 15) is 0 Å². The Bertz CT molecular complexity index is 8800. The van der Waals surface area contributed by atoms with Crippen LogP contribution >= 0.6 is 0 Å². The standard InChI is InChI=1S/2C68H45N/c1-5-18-45(19-6-1)47-32-36-54(37-33-47)69-64-41-35-50(49-34-38-58-61(43-49)55-28-13-14-30-57(55)65(58)51-23-17-22-48(42-51)46-20-7-2-8-21-46)44-62(64)60-40-39-59-56-29-15-16-31-63(56)68(66(59)67(60)69,52-24-9-3-10-25-52)53-26-11-4-12-27-53;1-5-18-45(19-6-1)47-32-36-54(37-33-47)69-64-41-35-50(49-34-38-57-60(43-49)55-28-13-14-29-56(55)65(57)51-23-17-22-48(42-51)46-20-7-2-8-21-46)44-61(64)58-39-40-63-66(67(58)69)59-30-15-16-31-62(59)68(63,52-24-9-3-10-25-52)53-26-11-4-12-27-53/h2*1-44,65H. The average molecular weight is 1750 g/mol. The number of nitrogens with zero attached hydrogens (tertiary/aromatic N) is 2. The van der Waals surface area contributed by atoms with Crippen LogP contribution in [0.4, 0.5) is 0 Å². The van der Waals surface area contributed by atoms with Gasteiger partial charge in [0.1, 0.15) is 0 Å². The van der Waals surface area contributed by atoms with Crippen molar-refractivity contribution >= 4 is 43.6 Å². The number of hydrogen-bond acceptors (Lipinski definition) is 0. The van der Waals surface area contributed by atoms with Crippen LogP contribution in [0.15, 0.2) is 534 Å². The van der Waals surface area contributed by atoms with Gasteiger partial charge in [0.2, 0.25) is 0 Å². The van der Waals surface area contributed by atoms with Crippen LogP contribution in [0.3, 0.4) is 0 Å². The zero-order valence-corrected chi connectivity index (χ0v) is 75.9. The molecule has 0 aliphatic heterocycles. The van der Waals surface area contributed by atoms with Crippen LogP contribution < -0.4 is 0 Å². The minimum Gasteiger partial charge on any atom is -0.309 e. The fraction of sp³-hybridized carbons (Fsp3) is 0.0294. The first-order chi connectivity index (χ1) is 68.5. The van der Waals surface area contributed by atoms with Crippen molar-refractivity contribution in [2.24, 2.45) is 0 Å². The Balaban J connectivity index is 0.000000139. The molecule has 4 aliphatic carbocycles. The molecule has 0 saturated heterocycles. The summed E-state index contributed by atoms with van der Waals surface area (Å²) >= 11 is 0. The zero-order chi connectivity index (χ0) is 90.9. The molecule has 22 aromatic carbocycles. The molecule has 138 heavy (non-hydrogen) atoms. The topological polar surface area (TPSA) is 9.86 Å². The lowest BCUT2D eigenvalue weighted by Gasteiger charge is -2.34. The first-order valence-corrected chi connectivity index (χ1v) is 48.2. The highest BCUT2D eigenvalue weighted by Gasteiger charge is 2.50. The second-order valence-electron chi connectivity index (χ2n) is 37.4. The minimum absolute atomic E-state index is 0.156. The summed E-state index contributed by atoms with van der Waals surface area (Å²) in [5.41, 5.74) is 49.4. The van der Waals surface area contributed by atoms with Gasteiger partial charge in [0.05, 0.1) is 32.9 Å². The van der Waals surface area contributed by atoms with Gasteiger partial charge in [-0.3, -0.25) is 0 Å². The van der Waals surface area contributed by atoms with Gasteiger partial charge in [-0.15, -0.1) is 0 Å². The molecule has 0 amide bonds. The summed E-state index contributed by atoms with van der Waals surface area (Å²) in [5, 5.41) is 4.96. The molecule has 2 aromatic heterocycles. The molecular weight excluding hydrogens is 1660 g/mol. The first kappa shape index (κ1) is 80.1. The van der Waals surface area contributed by atoms with E-state index >= 15 is 0 Å². The van der Waals surface area contributed by atoms with Crippen molar-refractivity contribution in [2.45, 2.75) is 22.7 Å². The van der Waals surface area contributed by atoms with E-state index in [1.807, 2.05) is 0 Å². The lowest BCUT2D eigenvalue weighted by atomic mass is 9.67. The highest BCUT2D eigenvalue weighted by molar-refractivity contribution is 6.18. The van der Waals surface area contributed by atoms with Gasteiger partial charge in [0.15, 0.2) is 0 Å². The third-order valence-corrected chi connectivity index (χ3v) is 30.3. The van der Waals surface area contributed by atoms with Crippen molar-refractivity contribution in [3.8, 4) is 123 Å². The largest absolute Gasteiger partial charge is 0.309 e. The molecule has 2 unspecified atom stereocenters.